The fraction of sp³-hybridized carbons (Fsp3) is 0.400. The molecule has 0 unspecified atom stereocenters. The second kappa shape index (κ2) is 3.07. The molecule has 0 saturated heterocycles. The SMILES string of the molecule is CC(=O)O/C(C)=C\N. The molecule has 0 aliphatic carbocycles. The summed E-state index contributed by atoms with van der Waals surface area (Å²) in [5.41, 5.74) is 4.98. The van der Waals surface area contributed by atoms with Gasteiger partial charge in [-0.1, -0.05) is 0 Å². The first-order valence-electron chi connectivity index (χ1n) is 2.23. The zero-order valence-corrected chi connectivity index (χ0v) is 4.97. The molecule has 0 radical (unpaired) electrons. The number of carbonyl (C=O) groups excluding carboxylic acids is 1. The Hall–Kier alpha value is -0.990. The molecule has 0 fully saturated rings. The number of nitrogens with two attached hydrogens (primary N) is 1. The summed E-state index contributed by atoms with van der Waals surface area (Å²) in [5.74, 6) is 0.0849. The molecule has 0 heterocycles. The van der Waals surface area contributed by atoms with Crippen molar-refractivity contribution in [2.75, 3.05) is 0 Å². The molecule has 3 heteroatoms. The molecule has 46 valence electrons. The number of rotatable bonds is 1. The minimum absolute atomic E-state index is 0.343. The Morgan fingerprint density at radius 3 is 2.25 bits per heavy atom. The zero-order valence-electron chi connectivity index (χ0n) is 4.97. The van der Waals surface area contributed by atoms with Crippen LogP contribution in [0.1, 0.15) is 13.8 Å². The van der Waals surface area contributed by atoms with E-state index in [1.54, 1.807) is 6.92 Å². The summed E-state index contributed by atoms with van der Waals surface area (Å²) in [4.78, 5) is 10.1. The van der Waals surface area contributed by atoms with Gasteiger partial charge >= 0.3 is 5.97 Å². The Morgan fingerprint density at radius 1 is 1.62 bits per heavy atom. The highest BCUT2D eigenvalue weighted by Crippen LogP contribution is 1.90. The van der Waals surface area contributed by atoms with Gasteiger partial charge in [-0.3, -0.25) is 4.79 Å². The van der Waals surface area contributed by atoms with Gasteiger partial charge in [0.05, 0.1) is 0 Å². The minimum Gasteiger partial charge on any atom is -0.430 e. The van der Waals surface area contributed by atoms with Gasteiger partial charge < -0.3 is 10.5 Å². The van der Waals surface area contributed by atoms with Crippen molar-refractivity contribution in [1.29, 1.82) is 0 Å². The molecule has 0 aliphatic heterocycles. The predicted octanol–water partition coefficient (Wildman–Crippen LogP) is 0.370. The topological polar surface area (TPSA) is 52.3 Å². The lowest BCUT2D eigenvalue weighted by atomic mass is 10.6. The third-order valence-electron chi connectivity index (χ3n) is 0.539. The summed E-state index contributed by atoms with van der Waals surface area (Å²) < 4.78 is 4.50. The quantitative estimate of drug-likeness (QED) is 0.396. The van der Waals surface area contributed by atoms with Gasteiger partial charge in [-0.2, -0.15) is 0 Å². The summed E-state index contributed by atoms with van der Waals surface area (Å²) in [6, 6.07) is 0. The van der Waals surface area contributed by atoms with Crippen molar-refractivity contribution in [2.45, 2.75) is 13.8 Å². The van der Waals surface area contributed by atoms with Crippen LogP contribution in [-0.2, 0) is 9.53 Å². The maximum absolute atomic E-state index is 10.1. The van der Waals surface area contributed by atoms with Gasteiger partial charge in [-0.15, -0.1) is 0 Å². The van der Waals surface area contributed by atoms with E-state index < -0.39 is 0 Å². The fourth-order valence-corrected chi connectivity index (χ4v) is 0.261. The van der Waals surface area contributed by atoms with E-state index >= 15 is 0 Å². The summed E-state index contributed by atoms with van der Waals surface area (Å²) >= 11 is 0. The van der Waals surface area contributed by atoms with Gasteiger partial charge in [0.25, 0.3) is 0 Å². The summed E-state index contributed by atoms with van der Waals surface area (Å²) in [6.07, 6.45) is 1.24. The molecule has 0 aromatic heterocycles. The Balaban J connectivity index is 3.56. The average Bonchev–Trinajstić information content (AvgIpc) is 1.65. The lowest BCUT2D eigenvalue weighted by molar-refractivity contribution is -0.136. The van der Waals surface area contributed by atoms with Gasteiger partial charge in [0.15, 0.2) is 0 Å². The van der Waals surface area contributed by atoms with Crippen LogP contribution in [0, 0.1) is 0 Å². The number of esters is 1. The van der Waals surface area contributed by atoms with Crippen LogP contribution in [0.15, 0.2) is 12.0 Å². The zero-order chi connectivity index (χ0) is 6.57. The van der Waals surface area contributed by atoms with E-state index in [9.17, 15) is 4.79 Å². The Labute approximate surface area is 48.1 Å². The molecule has 0 atom stereocenters. The third kappa shape index (κ3) is 3.21. The van der Waals surface area contributed by atoms with Crippen LogP contribution in [0.25, 0.3) is 0 Å². The molecule has 0 bridgehead atoms. The highest BCUT2D eigenvalue weighted by Gasteiger charge is 1.90. The summed E-state index contributed by atoms with van der Waals surface area (Å²) in [5, 5.41) is 0. The van der Waals surface area contributed by atoms with Crippen LogP contribution in [0.4, 0.5) is 0 Å². The first-order valence-corrected chi connectivity index (χ1v) is 2.23. The highest BCUT2D eigenvalue weighted by atomic mass is 16.5. The molecule has 0 aromatic rings. The first-order chi connectivity index (χ1) is 3.66. The first kappa shape index (κ1) is 7.01. The van der Waals surface area contributed by atoms with Crippen LogP contribution < -0.4 is 5.73 Å². The van der Waals surface area contributed by atoms with E-state index in [4.69, 9.17) is 5.73 Å². The van der Waals surface area contributed by atoms with Crippen LogP contribution in [0.3, 0.4) is 0 Å². The Morgan fingerprint density at radius 2 is 2.12 bits per heavy atom. The molecule has 0 amide bonds. The van der Waals surface area contributed by atoms with E-state index in [1.807, 2.05) is 0 Å². The number of carbonyl (C=O) groups is 1. The van der Waals surface area contributed by atoms with Crippen LogP contribution in [-0.4, -0.2) is 5.97 Å². The van der Waals surface area contributed by atoms with Gasteiger partial charge in [0.1, 0.15) is 5.76 Å². The van der Waals surface area contributed by atoms with Crippen molar-refractivity contribution < 1.29 is 9.53 Å². The van der Waals surface area contributed by atoms with Crippen molar-refractivity contribution in [2.24, 2.45) is 5.73 Å². The summed E-state index contributed by atoms with van der Waals surface area (Å²) in [7, 11) is 0. The smallest absolute Gasteiger partial charge is 0.307 e. The molecule has 0 aliphatic rings. The van der Waals surface area contributed by atoms with Crippen LogP contribution in [0.2, 0.25) is 0 Å². The van der Waals surface area contributed by atoms with E-state index in [0.29, 0.717) is 5.76 Å². The van der Waals surface area contributed by atoms with Crippen molar-refractivity contribution >= 4 is 5.97 Å². The van der Waals surface area contributed by atoms with E-state index in [1.165, 1.54) is 13.1 Å². The van der Waals surface area contributed by atoms with Crippen molar-refractivity contribution in [3.63, 3.8) is 0 Å². The largest absolute Gasteiger partial charge is 0.430 e. The molecule has 0 aromatic carbocycles. The van der Waals surface area contributed by atoms with Crippen LogP contribution in [0.5, 0.6) is 0 Å². The second-order valence-electron chi connectivity index (χ2n) is 1.37. The van der Waals surface area contributed by atoms with E-state index in [-0.39, 0.29) is 5.97 Å². The number of allylic oxidation sites excluding steroid dienone is 1. The highest BCUT2D eigenvalue weighted by molar-refractivity contribution is 5.67. The molecule has 8 heavy (non-hydrogen) atoms. The fourth-order valence-electron chi connectivity index (χ4n) is 0.261. The monoisotopic (exact) mass is 115 g/mol. The van der Waals surface area contributed by atoms with E-state index in [2.05, 4.69) is 4.74 Å². The number of ether oxygens (including phenoxy) is 1. The van der Waals surface area contributed by atoms with Gasteiger partial charge in [0, 0.05) is 13.1 Å². The minimum atomic E-state index is -0.343. The van der Waals surface area contributed by atoms with E-state index in [0.717, 1.165) is 0 Å². The average molecular weight is 115 g/mol. The van der Waals surface area contributed by atoms with Crippen LogP contribution >= 0.6 is 0 Å². The summed E-state index contributed by atoms with van der Waals surface area (Å²) in [6.45, 7) is 2.94. The Kier molecular flexibility index (Phi) is 2.69. The van der Waals surface area contributed by atoms with Crippen molar-refractivity contribution in [1.82, 2.24) is 0 Å². The molecule has 0 rings (SSSR count). The lowest BCUT2D eigenvalue weighted by Crippen LogP contribution is -1.97. The number of hydrogen-bond acceptors (Lipinski definition) is 3. The molecule has 3 nitrogen and oxygen atoms in total. The Bertz CT molecular complexity index is 118. The molecular formula is C5H9NO2. The van der Waals surface area contributed by atoms with Gasteiger partial charge in [-0.05, 0) is 6.92 Å². The van der Waals surface area contributed by atoms with Gasteiger partial charge in [-0.25, -0.2) is 0 Å². The third-order valence-corrected chi connectivity index (χ3v) is 0.539. The molecule has 2 N–H and O–H groups in total. The van der Waals surface area contributed by atoms with Gasteiger partial charge in [0.2, 0.25) is 0 Å². The standard InChI is InChI=1S/C5H9NO2/c1-4(3-6)8-5(2)7/h3H,6H2,1-2H3/b4-3-. The molecular weight excluding hydrogens is 106 g/mol. The predicted molar refractivity (Wildman–Crippen MR) is 29.7 cm³/mol. The van der Waals surface area contributed by atoms with Crippen molar-refractivity contribution in [3.05, 3.63) is 12.0 Å². The second-order valence-corrected chi connectivity index (χ2v) is 1.37. The number of hydrogen-bond donors (Lipinski definition) is 1. The van der Waals surface area contributed by atoms with Crippen molar-refractivity contribution in [3.8, 4) is 0 Å². The maximum atomic E-state index is 10.1. The normalized spacial score (nSPS) is 11.0. The lowest BCUT2D eigenvalue weighted by Gasteiger charge is -1.95. The maximum Gasteiger partial charge on any atom is 0.307 e. The molecule has 0 saturated carbocycles. The molecule has 0 spiro atoms.